The first-order valence-corrected chi connectivity index (χ1v) is 6.42. The number of methoxy groups -OCH3 is 1. The summed E-state index contributed by atoms with van der Waals surface area (Å²) in [6.07, 6.45) is 3.12. The Morgan fingerprint density at radius 1 is 1.53 bits per heavy atom. The Morgan fingerprint density at radius 3 is 2.79 bits per heavy atom. The molecule has 1 aliphatic rings. The van der Waals surface area contributed by atoms with Gasteiger partial charge in [0.25, 0.3) is 5.91 Å². The van der Waals surface area contributed by atoms with Crippen molar-refractivity contribution in [3.05, 3.63) is 29.6 Å². The number of hydrogen-bond acceptors (Lipinski definition) is 3. The molecule has 0 unspecified atom stereocenters. The Labute approximate surface area is 112 Å². The van der Waals surface area contributed by atoms with Gasteiger partial charge in [-0.2, -0.15) is 0 Å². The van der Waals surface area contributed by atoms with Gasteiger partial charge in [0.1, 0.15) is 0 Å². The van der Waals surface area contributed by atoms with Crippen LogP contribution in [0.3, 0.4) is 0 Å². The van der Waals surface area contributed by atoms with Crippen LogP contribution in [0.4, 0.5) is 4.39 Å². The summed E-state index contributed by atoms with van der Waals surface area (Å²) in [6.45, 7) is 1.24. The van der Waals surface area contributed by atoms with Crippen molar-refractivity contribution in [1.29, 1.82) is 0 Å². The van der Waals surface area contributed by atoms with Gasteiger partial charge in [-0.05, 0) is 49.4 Å². The van der Waals surface area contributed by atoms with Crippen molar-refractivity contribution < 1.29 is 13.9 Å². The zero-order valence-corrected chi connectivity index (χ0v) is 11.0. The SMILES string of the molecule is COc1ccc(C(=O)NCC2(CCN)CC2)cc1F. The third kappa shape index (κ3) is 3.23. The molecule has 0 saturated heterocycles. The maximum atomic E-state index is 13.5. The van der Waals surface area contributed by atoms with Crippen LogP contribution in [0.25, 0.3) is 0 Å². The summed E-state index contributed by atoms with van der Waals surface area (Å²) in [5.41, 5.74) is 6.03. The van der Waals surface area contributed by atoms with Crippen molar-refractivity contribution in [2.24, 2.45) is 11.1 Å². The van der Waals surface area contributed by atoms with Crippen molar-refractivity contribution in [3.63, 3.8) is 0 Å². The van der Waals surface area contributed by atoms with E-state index in [-0.39, 0.29) is 17.1 Å². The van der Waals surface area contributed by atoms with Gasteiger partial charge in [0.05, 0.1) is 7.11 Å². The fraction of sp³-hybridized carbons (Fsp3) is 0.500. The first-order chi connectivity index (χ1) is 9.10. The van der Waals surface area contributed by atoms with Crippen molar-refractivity contribution in [2.45, 2.75) is 19.3 Å². The molecular weight excluding hydrogens is 247 g/mol. The van der Waals surface area contributed by atoms with Gasteiger partial charge in [-0.3, -0.25) is 4.79 Å². The molecule has 3 N–H and O–H groups in total. The first-order valence-electron chi connectivity index (χ1n) is 6.42. The molecule has 2 rings (SSSR count). The lowest BCUT2D eigenvalue weighted by atomic mass is 10.0. The second-order valence-electron chi connectivity index (χ2n) is 5.07. The van der Waals surface area contributed by atoms with E-state index < -0.39 is 5.82 Å². The number of ether oxygens (including phenoxy) is 1. The van der Waals surface area contributed by atoms with E-state index in [1.165, 1.54) is 19.2 Å². The number of rotatable bonds is 6. The second kappa shape index (κ2) is 5.57. The Kier molecular flexibility index (Phi) is 4.04. The first kappa shape index (κ1) is 13.8. The maximum absolute atomic E-state index is 13.5. The van der Waals surface area contributed by atoms with Crippen LogP contribution in [0.1, 0.15) is 29.6 Å². The standard InChI is InChI=1S/C14H19FN2O2/c1-19-12-3-2-10(8-11(12)15)13(18)17-9-14(4-5-14)6-7-16/h2-3,8H,4-7,9,16H2,1H3,(H,17,18). The van der Waals surface area contributed by atoms with Gasteiger partial charge in [0.15, 0.2) is 11.6 Å². The summed E-state index contributed by atoms with van der Waals surface area (Å²) < 4.78 is 18.3. The average Bonchev–Trinajstić information content (AvgIpc) is 3.16. The van der Waals surface area contributed by atoms with Gasteiger partial charge in [-0.1, -0.05) is 0 Å². The summed E-state index contributed by atoms with van der Waals surface area (Å²) in [4.78, 5) is 11.9. The van der Waals surface area contributed by atoms with E-state index in [0.29, 0.717) is 18.7 Å². The predicted octanol–water partition coefficient (Wildman–Crippen LogP) is 1.69. The summed E-state index contributed by atoms with van der Waals surface area (Å²) in [5, 5.41) is 2.85. The van der Waals surface area contributed by atoms with Crippen LogP contribution < -0.4 is 15.8 Å². The zero-order chi connectivity index (χ0) is 13.9. The highest BCUT2D eigenvalue weighted by molar-refractivity contribution is 5.94. The molecule has 0 bridgehead atoms. The molecule has 0 aliphatic heterocycles. The molecule has 1 fully saturated rings. The molecule has 0 spiro atoms. The van der Waals surface area contributed by atoms with Crippen LogP contribution in [-0.4, -0.2) is 26.1 Å². The smallest absolute Gasteiger partial charge is 0.251 e. The molecule has 19 heavy (non-hydrogen) atoms. The van der Waals surface area contributed by atoms with Gasteiger partial charge >= 0.3 is 0 Å². The Hall–Kier alpha value is -1.62. The number of nitrogens with two attached hydrogens (primary N) is 1. The number of amides is 1. The van der Waals surface area contributed by atoms with E-state index in [0.717, 1.165) is 19.3 Å². The van der Waals surface area contributed by atoms with Gasteiger partial charge in [-0.25, -0.2) is 4.39 Å². The fourth-order valence-corrected chi connectivity index (χ4v) is 2.18. The van der Waals surface area contributed by atoms with Crippen molar-refractivity contribution >= 4 is 5.91 Å². The number of halogens is 1. The van der Waals surface area contributed by atoms with Crippen LogP contribution in [-0.2, 0) is 0 Å². The van der Waals surface area contributed by atoms with E-state index in [2.05, 4.69) is 5.32 Å². The number of benzene rings is 1. The molecule has 4 nitrogen and oxygen atoms in total. The molecule has 0 heterocycles. The molecule has 1 saturated carbocycles. The zero-order valence-electron chi connectivity index (χ0n) is 11.0. The number of carbonyl (C=O) groups is 1. The Balaban J connectivity index is 1.95. The highest BCUT2D eigenvalue weighted by Crippen LogP contribution is 2.47. The molecule has 1 aliphatic carbocycles. The predicted molar refractivity (Wildman–Crippen MR) is 70.6 cm³/mol. The van der Waals surface area contributed by atoms with Gasteiger partial charge in [-0.15, -0.1) is 0 Å². The maximum Gasteiger partial charge on any atom is 0.251 e. The number of nitrogens with one attached hydrogen (secondary N) is 1. The molecule has 1 aromatic rings. The van der Waals surface area contributed by atoms with Crippen molar-refractivity contribution in [1.82, 2.24) is 5.32 Å². The van der Waals surface area contributed by atoms with Gasteiger partial charge < -0.3 is 15.8 Å². The molecule has 1 amide bonds. The minimum atomic E-state index is -0.529. The normalized spacial score (nSPS) is 15.9. The summed E-state index contributed by atoms with van der Waals surface area (Å²) >= 11 is 0. The quantitative estimate of drug-likeness (QED) is 0.823. The van der Waals surface area contributed by atoms with Crippen LogP contribution in [0.5, 0.6) is 5.75 Å². The third-order valence-corrected chi connectivity index (χ3v) is 3.67. The highest BCUT2D eigenvalue weighted by Gasteiger charge is 2.41. The topological polar surface area (TPSA) is 64.3 Å². The monoisotopic (exact) mass is 266 g/mol. The Bertz CT molecular complexity index is 473. The van der Waals surface area contributed by atoms with E-state index in [1.54, 1.807) is 6.07 Å². The lowest BCUT2D eigenvalue weighted by Crippen LogP contribution is -2.31. The highest BCUT2D eigenvalue weighted by atomic mass is 19.1. The fourth-order valence-electron chi connectivity index (χ4n) is 2.18. The lowest BCUT2D eigenvalue weighted by Gasteiger charge is -2.15. The second-order valence-corrected chi connectivity index (χ2v) is 5.07. The number of carbonyl (C=O) groups excluding carboxylic acids is 1. The van der Waals surface area contributed by atoms with Crippen molar-refractivity contribution in [3.8, 4) is 5.75 Å². The van der Waals surface area contributed by atoms with Crippen LogP contribution >= 0.6 is 0 Å². The summed E-state index contributed by atoms with van der Waals surface area (Å²) in [7, 11) is 1.39. The molecular formula is C14H19FN2O2. The third-order valence-electron chi connectivity index (χ3n) is 3.67. The minimum Gasteiger partial charge on any atom is -0.494 e. The Morgan fingerprint density at radius 2 is 2.26 bits per heavy atom. The van der Waals surface area contributed by atoms with Gasteiger partial charge in [0, 0.05) is 12.1 Å². The van der Waals surface area contributed by atoms with Crippen LogP contribution in [0.15, 0.2) is 18.2 Å². The largest absolute Gasteiger partial charge is 0.494 e. The molecule has 0 radical (unpaired) electrons. The van der Waals surface area contributed by atoms with E-state index in [9.17, 15) is 9.18 Å². The molecule has 0 aromatic heterocycles. The lowest BCUT2D eigenvalue weighted by molar-refractivity contribution is 0.0943. The van der Waals surface area contributed by atoms with Crippen molar-refractivity contribution in [2.75, 3.05) is 20.2 Å². The summed E-state index contributed by atoms with van der Waals surface area (Å²) in [5.74, 6) is -0.651. The molecule has 5 heteroatoms. The molecule has 104 valence electrons. The molecule has 1 aromatic carbocycles. The van der Waals surface area contributed by atoms with E-state index >= 15 is 0 Å². The van der Waals surface area contributed by atoms with Crippen LogP contribution in [0, 0.1) is 11.2 Å². The van der Waals surface area contributed by atoms with E-state index in [1.807, 2.05) is 0 Å². The minimum absolute atomic E-state index is 0.137. The molecule has 0 atom stereocenters. The van der Waals surface area contributed by atoms with E-state index in [4.69, 9.17) is 10.5 Å². The summed E-state index contributed by atoms with van der Waals surface area (Å²) in [6, 6.07) is 4.20. The average molecular weight is 266 g/mol. The van der Waals surface area contributed by atoms with Gasteiger partial charge in [0.2, 0.25) is 0 Å². The van der Waals surface area contributed by atoms with Crippen LogP contribution in [0.2, 0.25) is 0 Å². The number of hydrogen-bond donors (Lipinski definition) is 2.